The van der Waals surface area contributed by atoms with Gasteiger partial charge in [-0.1, -0.05) is 93.6 Å². The van der Waals surface area contributed by atoms with Crippen molar-refractivity contribution in [2.75, 3.05) is 4.72 Å². The number of carbonyl (C=O) groups excluding carboxylic acids is 2. The van der Waals surface area contributed by atoms with Crippen LogP contribution in [0.3, 0.4) is 0 Å². The number of benzene rings is 3. The van der Waals surface area contributed by atoms with E-state index in [0.29, 0.717) is 31.2 Å². The number of cyclic esters (lactones) is 1. The summed E-state index contributed by atoms with van der Waals surface area (Å²) in [7, 11) is -4.07. The molecule has 9 heteroatoms. The fourth-order valence-corrected chi connectivity index (χ4v) is 7.41. The van der Waals surface area contributed by atoms with Gasteiger partial charge in [-0.3, -0.25) is 14.3 Å². The lowest BCUT2D eigenvalue weighted by Crippen LogP contribution is -2.51. The molecule has 0 aliphatic carbocycles. The molecule has 1 aromatic heterocycles. The van der Waals surface area contributed by atoms with Gasteiger partial charge in [0.1, 0.15) is 17.6 Å². The van der Waals surface area contributed by atoms with Gasteiger partial charge in [0, 0.05) is 24.2 Å². The Kier molecular flexibility index (Phi) is 9.92. The first-order valence-electron chi connectivity index (χ1n) is 15.7. The third kappa shape index (κ3) is 8.13. The number of nitrogens with zero attached hydrogens (tertiary/aromatic N) is 2. The van der Waals surface area contributed by atoms with Crippen molar-refractivity contribution in [3.05, 3.63) is 126 Å². The Morgan fingerprint density at radius 3 is 2.04 bits per heavy atom. The van der Waals surface area contributed by atoms with Gasteiger partial charge in [0.05, 0.1) is 5.56 Å². The molecule has 1 aliphatic rings. The number of rotatable bonds is 11. The Morgan fingerprint density at radius 1 is 0.915 bits per heavy atom. The number of carbonyl (C=O) groups is 2. The molecular formula is C38H39N3O5S. The number of hydrogen-bond acceptors (Lipinski definition) is 7. The average Bonchev–Trinajstić information content (AvgIpc) is 3.05. The molecule has 0 amide bonds. The van der Waals surface area contributed by atoms with E-state index in [1.165, 1.54) is 18.3 Å². The zero-order valence-electron chi connectivity index (χ0n) is 26.8. The number of hydrogen-bond donors (Lipinski definition) is 1. The highest BCUT2D eigenvalue weighted by Crippen LogP contribution is 2.47. The highest BCUT2D eigenvalue weighted by Gasteiger charge is 2.51. The van der Waals surface area contributed by atoms with Gasteiger partial charge in [0.15, 0.2) is 10.8 Å². The predicted octanol–water partition coefficient (Wildman–Crippen LogP) is 7.02. The fraction of sp³-hybridized carbons (Fsp3) is 0.316. The topological polar surface area (TPSA) is 126 Å². The van der Waals surface area contributed by atoms with Crippen LogP contribution in [0.25, 0.3) is 0 Å². The van der Waals surface area contributed by atoms with Crippen molar-refractivity contribution in [1.29, 1.82) is 5.26 Å². The number of nitrogens with one attached hydrogen (secondary N) is 1. The summed E-state index contributed by atoms with van der Waals surface area (Å²) in [6, 6.07) is 31.3. The predicted molar refractivity (Wildman–Crippen MR) is 180 cm³/mol. The third-order valence-electron chi connectivity index (χ3n) is 8.74. The molecule has 1 N–H and O–H groups in total. The second kappa shape index (κ2) is 13.9. The average molecular weight is 650 g/mol. The van der Waals surface area contributed by atoms with Crippen molar-refractivity contribution in [3.8, 4) is 6.07 Å². The number of ether oxygens (including phenoxy) is 1. The second-order valence-corrected chi connectivity index (χ2v) is 14.9. The summed E-state index contributed by atoms with van der Waals surface area (Å²) in [6.45, 7) is 5.88. The minimum Gasteiger partial charge on any atom is -0.458 e. The lowest BCUT2D eigenvalue weighted by molar-refractivity contribution is -0.181. The van der Waals surface area contributed by atoms with Crippen LogP contribution in [0.15, 0.2) is 108 Å². The Labute approximate surface area is 276 Å². The largest absolute Gasteiger partial charge is 0.458 e. The van der Waals surface area contributed by atoms with E-state index in [4.69, 9.17) is 10.00 Å². The van der Waals surface area contributed by atoms with E-state index in [-0.39, 0.29) is 28.5 Å². The number of pyridine rings is 1. The summed E-state index contributed by atoms with van der Waals surface area (Å²) in [6.07, 6.45) is 3.68. The summed E-state index contributed by atoms with van der Waals surface area (Å²) in [5, 5.41) is 8.79. The maximum atomic E-state index is 14.2. The van der Waals surface area contributed by atoms with Crippen LogP contribution in [0.5, 0.6) is 0 Å². The molecule has 3 aromatic carbocycles. The SMILES string of the molecule is CC(C)(C)[C@@H](c1cccc(NS(=O)(=O)c2ccc(C#N)cn2)c1)C1C(=O)CC(CCc2ccccc2)(CCc2ccccc2)OC1=O. The normalized spacial score (nSPS) is 16.9. The maximum Gasteiger partial charge on any atom is 0.317 e. The first-order valence-corrected chi connectivity index (χ1v) is 17.2. The van der Waals surface area contributed by atoms with Crippen LogP contribution >= 0.6 is 0 Å². The van der Waals surface area contributed by atoms with Crippen molar-refractivity contribution in [1.82, 2.24) is 4.98 Å². The molecule has 0 spiro atoms. The summed E-state index contributed by atoms with van der Waals surface area (Å²) < 4.78 is 35.1. The Balaban J connectivity index is 1.41. The minimum absolute atomic E-state index is 0.104. The smallest absolute Gasteiger partial charge is 0.317 e. The Morgan fingerprint density at radius 2 is 1.53 bits per heavy atom. The number of Topliss-reactive ketones (excluding diaryl/α,β-unsaturated/α-hetero) is 1. The lowest BCUT2D eigenvalue weighted by atomic mass is 9.65. The first kappa shape index (κ1) is 33.6. The van der Waals surface area contributed by atoms with Gasteiger partial charge in [0.2, 0.25) is 0 Å². The summed E-state index contributed by atoms with van der Waals surface area (Å²) >= 11 is 0. The number of aryl methyl sites for hydroxylation is 2. The Bertz CT molecular complexity index is 1800. The number of esters is 1. The van der Waals surface area contributed by atoms with E-state index in [1.54, 1.807) is 24.3 Å². The molecule has 1 fully saturated rings. The second-order valence-electron chi connectivity index (χ2n) is 13.3. The molecule has 47 heavy (non-hydrogen) atoms. The van der Waals surface area contributed by atoms with Crippen molar-refractivity contribution in [2.24, 2.45) is 11.3 Å². The zero-order chi connectivity index (χ0) is 33.7. The van der Waals surface area contributed by atoms with Crippen LogP contribution in [0.1, 0.15) is 68.2 Å². The number of aromatic nitrogens is 1. The fourth-order valence-electron chi connectivity index (χ4n) is 6.43. The van der Waals surface area contributed by atoms with Crippen molar-refractivity contribution in [3.63, 3.8) is 0 Å². The van der Waals surface area contributed by atoms with E-state index in [2.05, 4.69) is 9.71 Å². The van der Waals surface area contributed by atoms with E-state index in [1.807, 2.05) is 87.5 Å². The Hall–Kier alpha value is -4.81. The number of sulfonamides is 1. The molecule has 0 radical (unpaired) electrons. The van der Waals surface area contributed by atoms with Crippen molar-refractivity contribution >= 4 is 27.5 Å². The number of anilines is 1. The minimum atomic E-state index is -4.07. The molecule has 4 aromatic rings. The maximum absolute atomic E-state index is 14.2. The first-order chi connectivity index (χ1) is 22.4. The summed E-state index contributed by atoms with van der Waals surface area (Å²) in [5.41, 5.74) is 1.87. The molecule has 242 valence electrons. The molecule has 0 saturated carbocycles. The van der Waals surface area contributed by atoms with Gasteiger partial charge in [-0.25, -0.2) is 4.98 Å². The highest BCUT2D eigenvalue weighted by molar-refractivity contribution is 7.92. The van der Waals surface area contributed by atoms with Crippen molar-refractivity contribution in [2.45, 2.75) is 69.4 Å². The summed E-state index contributed by atoms with van der Waals surface area (Å²) in [5.74, 6) is -2.35. The van der Waals surface area contributed by atoms with Gasteiger partial charge in [-0.05, 0) is 72.1 Å². The third-order valence-corrected chi connectivity index (χ3v) is 10.0. The molecule has 1 aliphatic heterocycles. The zero-order valence-corrected chi connectivity index (χ0v) is 27.7. The summed E-state index contributed by atoms with van der Waals surface area (Å²) in [4.78, 5) is 32.2. The van der Waals surface area contributed by atoms with Crippen molar-refractivity contribution < 1.29 is 22.7 Å². The molecule has 1 unspecified atom stereocenters. The number of nitriles is 1. The van der Waals surface area contributed by atoms with E-state index >= 15 is 0 Å². The standard InChI is InChI=1S/C38H39N3O5S/c1-37(2,3)35(30-15-10-16-31(23-30)41-47(44,45)33-18-17-29(25-39)26-40-33)34-32(42)24-38(46-36(34)43,21-19-27-11-6-4-7-12-27)22-20-28-13-8-5-9-14-28/h4-18,23,26,34-35,41H,19-22,24H2,1-3H3/t34?,35-/m0/s1. The molecule has 8 nitrogen and oxygen atoms in total. The quantitative estimate of drug-likeness (QED) is 0.137. The van der Waals surface area contributed by atoms with E-state index < -0.39 is 38.8 Å². The molecule has 2 heterocycles. The van der Waals surface area contributed by atoms with Gasteiger partial charge in [0.25, 0.3) is 10.0 Å². The van der Waals surface area contributed by atoms with Crippen LogP contribution in [0.2, 0.25) is 0 Å². The molecule has 1 saturated heterocycles. The lowest BCUT2D eigenvalue weighted by Gasteiger charge is -2.44. The van der Waals surface area contributed by atoms with Gasteiger partial charge < -0.3 is 4.74 Å². The van der Waals surface area contributed by atoms with Gasteiger partial charge in [-0.15, -0.1) is 0 Å². The molecular weight excluding hydrogens is 611 g/mol. The molecule has 5 rings (SSSR count). The molecule has 0 bridgehead atoms. The highest BCUT2D eigenvalue weighted by atomic mass is 32.2. The number of ketones is 1. The van der Waals surface area contributed by atoms with Gasteiger partial charge in [-0.2, -0.15) is 13.7 Å². The van der Waals surface area contributed by atoms with E-state index in [9.17, 15) is 18.0 Å². The van der Waals surface area contributed by atoms with Crippen LogP contribution < -0.4 is 4.72 Å². The monoisotopic (exact) mass is 649 g/mol. The van der Waals surface area contributed by atoms with Gasteiger partial charge >= 0.3 is 5.97 Å². The van der Waals surface area contributed by atoms with Crippen LogP contribution in [0.4, 0.5) is 5.69 Å². The molecule has 2 atom stereocenters. The van der Waals surface area contributed by atoms with E-state index in [0.717, 1.165) is 11.1 Å². The van der Waals surface area contributed by atoms with Crippen LogP contribution in [0, 0.1) is 22.7 Å². The van der Waals surface area contributed by atoms with Crippen LogP contribution in [-0.2, 0) is 37.2 Å². The van der Waals surface area contributed by atoms with Crippen LogP contribution in [-0.4, -0.2) is 30.8 Å².